The third-order valence-corrected chi connectivity index (χ3v) is 6.55. The summed E-state index contributed by atoms with van der Waals surface area (Å²) in [5.74, 6) is 2.49. The van der Waals surface area contributed by atoms with E-state index >= 15 is 0 Å². The second-order valence-corrected chi connectivity index (χ2v) is 8.97. The quantitative estimate of drug-likeness (QED) is 0.275. The Balaban J connectivity index is 1.67. The molecule has 4 nitrogen and oxygen atoms in total. The lowest BCUT2D eigenvalue weighted by molar-refractivity contribution is 0.344. The molecule has 0 bridgehead atoms. The summed E-state index contributed by atoms with van der Waals surface area (Å²) in [6.45, 7) is 6.55. The van der Waals surface area contributed by atoms with Crippen molar-refractivity contribution in [3.8, 4) is 16.2 Å². The first-order valence-corrected chi connectivity index (χ1v) is 12.2. The van der Waals surface area contributed by atoms with Crippen molar-refractivity contribution >= 4 is 39.2 Å². The number of hydrogen-bond donors (Lipinski definition) is 1. The SMILES string of the molecule is CCOc1cc(-c2cccs2)cc(=Nc2ccc(Nc3ccccc3)cc2)c2c(C)oc(C)c12. The van der Waals surface area contributed by atoms with Gasteiger partial charge in [0.15, 0.2) is 0 Å². The molecule has 0 aliphatic rings. The van der Waals surface area contributed by atoms with Crippen LogP contribution >= 0.6 is 11.3 Å². The van der Waals surface area contributed by atoms with Gasteiger partial charge in [0.25, 0.3) is 0 Å². The molecule has 5 heteroatoms. The smallest absolute Gasteiger partial charge is 0.131 e. The Kier molecular flexibility index (Phi) is 6.19. The molecule has 0 unspecified atom stereocenters. The summed E-state index contributed by atoms with van der Waals surface area (Å²) < 4.78 is 12.1. The molecule has 0 aliphatic carbocycles. The zero-order chi connectivity index (χ0) is 23.5. The van der Waals surface area contributed by atoms with Gasteiger partial charge < -0.3 is 14.5 Å². The maximum Gasteiger partial charge on any atom is 0.131 e. The minimum absolute atomic E-state index is 0.578. The molecule has 0 saturated heterocycles. The van der Waals surface area contributed by atoms with Crippen molar-refractivity contribution in [2.45, 2.75) is 20.8 Å². The molecule has 1 N–H and O–H groups in total. The molecule has 0 amide bonds. The van der Waals surface area contributed by atoms with Crippen LogP contribution in [-0.4, -0.2) is 6.61 Å². The number of nitrogens with one attached hydrogen (secondary N) is 1. The number of furan rings is 1. The van der Waals surface area contributed by atoms with Crippen LogP contribution in [0.15, 0.2) is 93.7 Å². The molecule has 170 valence electrons. The van der Waals surface area contributed by atoms with Gasteiger partial charge in [-0.3, -0.25) is 0 Å². The van der Waals surface area contributed by atoms with E-state index in [-0.39, 0.29) is 0 Å². The van der Waals surface area contributed by atoms with E-state index in [2.05, 4.69) is 35.0 Å². The fourth-order valence-corrected chi connectivity index (χ4v) is 4.87. The molecule has 5 rings (SSSR count). The molecule has 5 aromatic rings. The van der Waals surface area contributed by atoms with Gasteiger partial charge in [-0.15, -0.1) is 11.3 Å². The molecular formula is C29H26N2O2S. The molecule has 0 fully saturated rings. The Morgan fingerprint density at radius 3 is 2.29 bits per heavy atom. The number of aryl methyl sites for hydroxylation is 2. The minimum Gasteiger partial charge on any atom is -0.493 e. The lowest BCUT2D eigenvalue weighted by Crippen LogP contribution is -2.00. The standard InChI is InChI=1S/C29H26N2O2S/c1-4-32-26-18-21(27-11-8-16-34-27)17-25(28-19(2)33-20(3)29(26)28)31-24-14-12-23(13-15-24)30-22-9-6-5-7-10-22/h5-18,30H,4H2,1-3H3. The summed E-state index contributed by atoms with van der Waals surface area (Å²) in [4.78, 5) is 6.24. The summed E-state index contributed by atoms with van der Waals surface area (Å²) in [6.07, 6.45) is 0. The Labute approximate surface area is 203 Å². The van der Waals surface area contributed by atoms with Crippen molar-refractivity contribution in [2.75, 3.05) is 11.9 Å². The molecule has 0 spiro atoms. The molecule has 0 saturated carbocycles. The molecule has 0 radical (unpaired) electrons. The highest BCUT2D eigenvalue weighted by atomic mass is 32.1. The summed E-state index contributed by atoms with van der Waals surface area (Å²) >= 11 is 1.70. The molecule has 2 heterocycles. The number of anilines is 2. The summed E-state index contributed by atoms with van der Waals surface area (Å²) in [5.41, 5.74) is 4.02. The number of nitrogens with zero attached hydrogens (tertiary/aromatic N) is 1. The zero-order valence-corrected chi connectivity index (χ0v) is 20.3. The molecule has 34 heavy (non-hydrogen) atoms. The topological polar surface area (TPSA) is 46.8 Å². The maximum absolute atomic E-state index is 6.08. The Hall–Kier alpha value is -3.83. The number of hydrogen-bond acceptors (Lipinski definition) is 5. The summed E-state index contributed by atoms with van der Waals surface area (Å²) in [5, 5.41) is 8.33. The summed E-state index contributed by atoms with van der Waals surface area (Å²) in [7, 11) is 0. The van der Waals surface area contributed by atoms with Crippen LogP contribution in [0, 0.1) is 13.8 Å². The Bertz CT molecular complexity index is 1490. The first kappa shape index (κ1) is 22.0. The van der Waals surface area contributed by atoms with Crippen molar-refractivity contribution in [1.29, 1.82) is 0 Å². The van der Waals surface area contributed by atoms with E-state index in [0.717, 1.165) is 56.0 Å². The predicted octanol–water partition coefficient (Wildman–Crippen LogP) is 8.15. The highest BCUT2D eigenvalue weighted by Gasteiger charge is 2.16. The number of fused-ring (bicyclic) bond motifs is 1. The zero-order valence-electron chi connectivity index (χ0n) is 19.5. The third kappa shape index (κ3) is 4.47. The van der Waals surface area contributed by atoms with E-state index in [9.17, 15) is 0 Å². The maximum atomic E-state index is 6.08. The van der Waals surface area contributed by atoms with Gasteiger partial charge in [-0.1, -0.05) is 24.3 Å². The Morgan fingerprint density at radius 2 is 1.59 bits per heavy atom. The van der Waals surface area contributed by atoms with Crippen LogP contribution in [0.1, 0.15) is 18.4 Å². The first-order chi connectivity index (χ1) is 16.6. The number of thiophene rings is 1. The molecule has 0 aliphatic heterocycles. The van der Waals surface area contributed by atoms with Crippen LogP contribution in [0.4, 0.5) is 17.1 Å². The number of ether oxygens (including phenoxy) is 1. The third-order valence-electron chi connectivity index (χ3n) is 5.63. The molecule has 0 atom stereocenters. The van der Waals surface area contributed by atoms with Gasteiger partial charge in [0, 0.05) is 16.3 Å². The van der Waals surface area contributed by atoms with Crippen molar-refractivity contribution in [3.05, 3.63) is 101 Å². The van der Waals surface area contributed by atoms with Crippen LogP contribution < -0.4 is 15.4 Å². The van der Waals surface area contributed by atoms with E-state index in [0.29, 0.717) is 6.61 Å². The highest BCUT2D eigenvalue weighted by Crippen LogP contribution is 2.35. The fourth-order valence-electron chi connectivity index (χ4n) is 4.15. The average Bonchev–Trinajstić information content (AvgIpc) is 3.43. The molecule has 3 aromatic carbocycles. The van der Waals surface area contributed by atoms with Crippen molar-refractivity contribution in [3.63, 3.8) is 0 Å². The largest absolute Gasteiger partial charge is 0.493 e. The number of rotatable bonds is 6. The van der Waals surface area contributed by atoms with Gasteiger partial charge in [-0.05, 0) is 86.3 Å². The van der Waals surface area contributed by atoms with Gasteiger partial charge in [-0.2, -0.15) is 0 Å². The van der Waals surface area contributed by atoms with Gasteiger partial charge in [0.05, 0.1) is 28.4 Å². The fraction of sp³-hybridized carbons (Fsp3) is 0.138. The lowest BCUT2D eigenvalue weighted by Gasteiger charge is -2.06. The van der Waals surface area contributed by atoms with Crippen molar-refractivity contribution in [1.82, 2.24) is 0 Å². The second-order valence-electron chi connectivity index (χ2n) is 8.02. The van der Waals surface area contributed by atoms with Gasteiger partial charge in [-0.25, -0.2) is 4.99 Å². The van der Waals surface area contributed by atoms with E-state index < -0.39 is 0 Å². The predicted molar refractivity (Wildman–Crippen MR) is 142 cm³/mol. The number of para-hydroxylation sites is 1. The first-order valence-electron chi connectivity index (χ1n) is 11.3. The Morgan fingerprint density at radius 1 is 0.853 bits per heavy atom. The van der Waals surface area contributed by atoms with Gasteiger partial charge in [0.1, 0.15) is 17.3 Å². The van der Waals surface area contributed by atoms with Crippen LogP contribution in [0.5, 0.6) is 5.75 Å². The van der Waals surface area contributed by atoms with Crippen LogP contribution in [0.25, 0.3) is 21.2 Å². The van der Waals surface area contributed by atoms with E-state index in [4.69, 9.17) is 14.1 Å². The van der Waals surface area contributed by atoms with Crippen LogP contribution in [-0.2, 0) is 0 Å². The summed E-state index contributed by atoms with van der Waals surface area (Å²) in [6, 6.07) is 26.7. The average molecular weight is 467 g/mol. The van der Waals surface area contributed by atoms with E-state index in [1.165, 1.54) is 4.88 Å². The van der Waals surface area contributed by atoms with Gasteiger partial charge in [0.2, 0.25) is 0 Å². The van der Waals surface area contributed by atoms with E-state index in [1.54, 1.807) is 11.3 Å². The van der Waals surface area contributed by atoms with Gasteiger partial charge >= 0.3 is 0 Å². The lowest BCUT2D eigenvalue weighted by atomic mass is 10.2. The van der Waals surface area contributed by atoms with Crippen molar-refractivity contribution in [2.24, 2.45) is 4.99 Å². The monoisotopic (exact) mass is 466 g/mol. The van der Waals surface area contributed by atoms with Crippen molar-refractivity contribution < 1.29 is 9.15 Å². The van der Waals surface area contributed by atoms with Crippen LogP contribution in [0.2, 0.25) is 0 Å². The van der Waals surface area contributed by atoms with E-state index in [1.807, 2.05) is 75.4 Å². The molecule has 2 aromatic heterocycles. The second kappa shape index (κ2) is 9.57. The highest BCUT2D eigenvalue weighted by molar-refractivity contribution is 7.13. The minimum atomic E-state index is 0.578. The number of benzene rings is 2. The normalized spacial score (nSPS) is 11.7. The molecular weight excluding hydrogens is 440 g/mol. The van der Waals surface area contributed by atoms with Crippen LogP contribution in [0.3, 0.4) is 0 Å².